The van der Waals surface area contributed by atoms with E-state index in [4.69, 9.17) is 4.74 Å². The molecule has 0 spiro atoms. The molecule has 0 aromatic heterocycles. The van der Waals surface area contributed by atoms with E-state index in [1.54, 1.807) is 0 Å². The number of hydrogen-bond acceptors (Lipinski definition) is 2. The van der Waals surface area contributed by atoms with Gasteiger partial charge in [-0.3, -0.25) is 0 Å². The predicted octanol–water partition coefficient (Wildman–Crippen LogP) is 3.29. The van der Waals surface area contributed by atoms with Crippen LogP contribution in [0.1, 0.15) is 31.2 Å². The summed E-state index contributed by atoms with van der Waals surface area (Å²) < 4.78 is 32.2. The molecular weight excluding hydrogens is 248 g/mol. The molecule has 0 aliphatic heterocycles. The van der Waals surface area contributed by atoms with Crippen molar-refractivity contribution in [2.75, 3.05) is 14.2 Å². The summed E-state index contributed by atoms with van der Waals surface area (Å²) in [6, 6.07) is 3.00. The minimum absolute atomic E-state index is 0.0276. The second-order valence-corrected chi connectivity index (χ2v) is 5.29. The lowest BCUT2D eigenvalue weighted by Gasteiger charge is -2.28. The van der Waals surface area contributed by atoms with Crippen LogP contribution in [0.3, 0.4) is 0 Å². The Bertz CT molecular complexity index is 428. The van der Waals surface area contributed by atoms with Crippen LogP contribution in [0.4, 0.5) is 8.78 Å². The van der Waals surface area contributed by atoms with E-state index in [0.29, 0.717) is 23.9 Å². The highest BCUT2D eigenvalue weighted by molar-refractivity contribution is 5.31. The van der Waals surface area contributed by atoms with Gasteiger partial charge in [-0.2, -0.15) is 0 Å². The summed E-state index contributed by atoms with van der Waals surface area (Å²) in [5.74, 6) is -0.427. The van der Waals surface area contributed by atoms with E-state index in [1.165, 1.54) is 13.2 Å². The van der Waals surface area contributed by atoms with Gasteiger partial charge in [0.25, 0.3) is 0 Å². The fourth-order valence-corrected chi connectivity index (χ4v) is 2.85. The van der Waals surface area contributed by atoms with Gasteiger partial charge in [0.1, 0.15) is 5.82 Å². The molecule has 0 heterocycles. The Morgan fingerprint density at radius 2 is 1.84 bits per heavy atom. The molecule has 106 valence electrons. The van der Waals surface area contributed by atoms with E-state index in [-0.39, 0.29) is 11.6 Å². The Labute approximate surface area is 113 Å². The minimum atomic E-state index is -0.484. The molecule has 4 heteroatoms. The first kappa shape index (κ1) is 14.3. The van der Waals surface area contributed by atoms with E-state index < -0.39 is 5.82 Å². The fourth-order valence-electron chi connectivity index (χ4n) is 2.85. The predicted molar refractivity (Wildman–Crippen MR) is 71.4 cm³/mol. The molecule has 1 aliphatic carbocycles. The average molecular weight is 269 g/mol. The molecule has 2 rings (SSSR count). The Morgan fingerprint density at radius 3 is 2.42 bits per heavy atom. The molecule has 1 aromatic rings. The van der Waals surface area contributed by atoms with Crippen molar-refractivity contribution in [2.24, 2.45) is 5.92 Å². The Kier molecular flexibility index (Phi) is 4.75. The zero-order chi connectivity index (χ0) is 13.8. The number of nitrogens with one attached hydrogen (secondary N) is 1. The molecule has 1 N–H and O–H groups in total. The topological polar surface area (TPSA) is 21.3 Å². The second kappa shape index (κ2) is 6.33. The smallest absolute Gasteiger partial charge is 0.165 e. The monoisotopic (exact) mass is 269 g/mol. The summed E-state index contributed by atoms with van der Waals surface area (Å²) in [5.41, 5.74) is 0.464. The first-order valence-electron chi connectivity index (χ1n) is 6.83. The first-order valence-corrected chi connectivity index (χ1v) is 6.83. The van der Waals surface area contributed by atoms with Crippen LogP contribution in [0.5, 0.6) is 5.75 Å². The lowest BCUT2D eigenvalue weighted by atomic mass is 9.82. The van der Waals surface area contributed by atoms with Gasteiger partial charge in [-0.15, -0.1) is 0 Å². The molecule has 1 fully saturated rings. The van der Waals surface area contributed by atoms with Crippen molar-refractivity contribution >= 4 is 0 Å². The molecule has 0 bridgehead atoms. The summed E-state index contributed by atoms with van der Waals surface area (Å²) in [5, 5.41) is 3.27. The number of methoxy groups -OCH3 is 1. The summed E-state index contributed by atoms with van der Waals surface area (Å²) in [6.07, 6.45) is 4.98. The maximum Gasteiger partial charge on any atom is 0.165 e. The van der Waals surface area contributed by atoms with Gasteiger partial charge in [-0.1, -0.05) is 0 Å². The number of ether oxygens (including phenoxy) is 1. The first-order chi connectivity index (χ1) is 9.13. The highest BCUT2D eigenvalue weighted by atomic mass is 19.1. The molecular formula is C15H21F2NO. The number of rotatable bonds is 4. The third-order valence-corrected chi connectivity index (χ3v) is 4.08. The SMILES string of the molecule is CNC1CCC(Cc2cc(F)c(OC)cc2F)CC1. The molecule has 1 aliphatic rings. The van der Waals surface area contributed by atoms with Crippen molar-refractivity contribution in [2.45, 2.75) is 38.1 Å². The maximum absolute atomic E-state index is 13.9. The van der Waals surface area contributed by atoms with Gasteiger partial charge in [0, 0.05) is 12.1 Å². The molecule has 1 saturated carbocycles. The summed E-state index contributed by atoms with van der Waals surface area (Å²) in [6.45, 7) is 0. The van der Waals surface area contributed by atoms with E-state index >= 15 is 0 Å². The minimum Gasteiger partial charge on any atom is -0.494 e. The van der Waals surface area contributed by atoms with Crippen molar-refractivity contribution in [3.8, 4) is 5.75 Å². The van der Waals surface area contributed by atoms with Crippen LogP contribution < -0.4 is 10.1 Å². The van der Waals surface area contributed by atoms with Crippen molar-refractivity contribution in [1.29, 1.82) is 0 Å². The molecule has 0 atom stereocenters. The normalized spacial score (nSPS) is 23.4. The van der Waals surface area contributed by atoms with Crippen LogP contribution in [0.25, 0.3) is 0 Å². The lowest BCUT2D eigenvalue weighted by molar-refractivity contribution is 0.298. The van der Waals surface area contributed by atoms with Crippen LogP contribution >= 0.6 is 0 Å². The summed E-state index contributed by atoms with van der Waals surface area (Å²) in [7, 11) is 3.32. The van der Waals surface area contributed by atoms with Crippen LogP contribution in [-0.4, -0.2) is 20.2 Å². The number of halogens is 2. The average Bonchev–Trinajstić information content (AvgIpc) is 2.43. The van der Waals surface area contributed by atoms with Crippen LogP contribution in [-0.2, 0) is 6.42 Å². The van der Waals surface area contributed by atoms with E-state index in [9.17, 15) is 8.78 Å². The second-order valence-electron chi connectivity index (χ2n) is 5.29. The fraction of sp³-hybridized carbons (Fsp3) is 0.600. The van der Waals surface area contributed by atoms with Crippen molar-refractivity contribution in [3.05, 3.63) is 29.3 Å². The zero-order valence-electron chi connectivity index (χ0n) is 11.5. The van der Waals surface area contributed by atoms with Gasteiger partial charge < -0.3 is 10.1 Å². The van der Waals surface area contributed by atoms with Gasteiger partial charge in [0.05, 0.1) is 7.11 Å². The molecule has 0 amide bonds. The van der Waals surface area contributed by atoms with Crippen molar-refractivity contribution < 1.29 is 13.5 Å². The lowest BCUT2D eigenvalue weighted by Crippen LogP contribution is -2.30. The van der Waals surface area contributed by atoms with E-state index in [0.717, 1.165) is 31.7 Å². The molecule has 1 aromatic carbocycles. The zero-order valence-corrected chi connectivity index (χ0v) is 11.5. The number of hydrogen-bond donors (Lipinski definition) is 1. The largest absolute Gasteiger partial charge is 0.494 e. The summed E-state index contributed by atoms with van der Waals surface area (Å²) in [4.78, 5) is 0. The maximum atomic E-state index is 13.9. The Balaban J connectivity index is 2.02. The van der Waals surface area contributed by atoms with Gasteiger partial charge in [-0.25, -0.2) is 8.78 Å². The number of benzene rings is 1. The van der Waals surface area contributed by atoms with E-state index in [2.05, 4.69) is 5.32 Å². The van der Waals surface area contributed by atoms with Crippen LogP contribution in [0.2, 0.25) is 0 Å². The molecule has 0 saturated heterocycles. The van der Waals surface area contributed by atoms with Gasteiger partial charge in [0.2, 0.25) is 0 Å². The highest BCUT2D eigenvalue weighted by Gasteiger charge is 2.22. The van der Waals surface area contributed by atoms with E-state index in [1.807, 2.05) is 7.05 Å². The standard InChI is InChI=1S/C15H21F2NO/c1-18-12-5-3-10(4-6-12)7-11-8-14(17)15(19-2)9-13(11)16/h8-10,12,18H,3-7H2,1-2H3. The van der Waals surface area contributed by atoms with Gasteiger partial charge >= 0.3 is 0 Å². The third-order valence-electron chi connectivity index (χ3n) is 4.08. The quantitative estimate of drug-likeness (QED) is 0.905. The molecule has 0 radical (unpaired) electrons. The summed E-state index contributed by atoms with van der Waals surface area (Å²) >= 11 is 0. The van der Waals surface area contributed by atoms with Gasteiger partial charge in [-0.05, 0) is 56.7 Å². The molecule has 0 unspecified atom stereocenters. The molecule has 2 nitrogen and oxygen atoms in total. The van der Waals surface area contributed by atoms with Crippen LogP contribution in [0, 0.1) is 17.6 Å². The Morgan fingerprint density at radius 1 is 1.16 bits per heavy atom. The van der Waals surface area contributed by atoms with Gasteiger partial charge in [0.15, 0.2) is 11.6 Å². The van der Waals surface area contributed by atoms with Crippen molar-refractivity contribution in [1.82, 2.24) is 5.32 Å². The van der Waals surface area contributed by atoms with Crippen LogP contribution in [0.15, 0.2) is 12.1 Å². The molecule has 19 heavy (non-hydrogen) atoms. The highest BCUT2D eigenvalue weighted by Crippen LogP contribution is 2.29. The third kappa shape index (κ3) is 3.44. The Hall–Kier alpha value is -1.16. The van der Waals surface area contributed by atoms with Crippen molar-refractivity contribution in [3.63, 3.8) is 0 Å².